The SMILES string of the molecule is OC1(CNc2cc(Br)ccc2F)CCCC1. The van der Waals surface area contributed by atoms with Crippen LogP contribution in [0.2, 0.25) is 0 Å². The molecule has 2 rings (SSSR count). The summed E-state index contributed by atoms with van der Waals surface area (Å²) in [5, 5.41) is 13.1. The molecule has 88 valence electrons. The summed E-state index contributed by atoms with van der Waals surface area (Å²) in [5.74, 6) is -0.287. The first-order valence-corrected chi connectivity index (χ1v) is 6.30. The largest absolute Gasteiger partial charge is 0.388 e. The van der Waals surface area contributed by atoms with Crippen molar-refractivity contribution < 1.29 is 9.50 Å². The van der Waals surface area contributed by atoms with Gasteiger partial charge in [0.05, 0.1) is 11.3 Å². The van der Waals surface area contributed by atoms with E-state index in [9.17, 15) is 9.50 Å². The predicted molar refractivity (Wildman–Crippen MR) is 66.0 cm³/mol. The molecule has 0 aromatic heterocycles. The Hall–Kier alpha value is -0.610. The molecule has 0 aliphatic heterocycles. The van der Waals surface area contributed by atoms with E-state index in [0.717, 1.165) is 30.2 Å². The minimum Gasteiger partial charge on any atom is -0.388 e. The van der Waals surface area contributed by atoms with Crippen LogP contribution in [0.25, 0.3) is 0 Å². The zero-order valence-electron chi connectivity index (χ0n) is 8.97. The summed E-state index contributed by atoms with van der Waals surface area (Å²) in [5.41, 5.74) is -0.218. The van der Waals surface area contributed by atoms with E-state index in [1.54, 1.807) is 12.1 Å². The van der Waals surface area contributed by atoms with Gasteiger partial charge in [-0.05, 0) is 31.0 Å². The Balaban J connectivity index is 2.01. The second-order valence-electron chi connectivity index (χ2n) is 4.41. The normalized spacial score (nSPS) is 18.7. The average Bonchev–Trinajstić information content (AvgIpc) is 2.67. The van der Waals surface area contributed by atoms with Gasteiger partial charge in [0, 0.05) is 11.0 Å². The van der Waals surface area contributed by atoms with Crippen LogP contribution in [0.1, 0.15) is 25.7 Å². The van der Waals surface area contributed by atoms with Crippen LogP contribution in [0.5, 0.6) is 0 Å². The topological polar surface area (TPSA) is 32.3 Å². The van der Waals surface area contributed by atoms with Gasteiger partial charge in [-0.1, -0.05) is 28.8 Å². The van der Waals surface area contributed by atoms with Gasteiger partial charge in [0.1, 0.15) is 5.82 Å². The molecule has 0 spiro atoms. The van der Waals surface area contributed by atoms with E-state index in [0.29, 0.717) is 12.2 Å². The lowest BCUT2D eigenvalue weighted by molar-refractivity contribution is 0.0614. The molecule has 1 aliphatic rings. The fourth-order valence-electron chi connectivity index (χ4n) is 2.10. The Labute approximate surface area is 103 Å². The highest BCUT2D eigenvalue weighted by Crippen LogP contribution is 2.30. The third-order valence-corrected chi connectivity index (χ3v) is 3.56. The molecule has 4 heteroatoms. The molecule has 1 saturated carbocycles. The van der Waals surface area contributed by atoms with Crippen molar-refractivity contribution in [2.24, 2.45) is 0 Å². The van der Waals surface area contributed by atoms with E-state index in [4.69, 9.17) is 0 Å². The maximum atomic E-state index is 13.4. The van der Waals surface area contributed by atoms with E-state index in [2.05, 4.69) is 21.2 Å². The molecule has 0 bridgehead atoms. The molecule has 1 fully saturated rings. The fourth-order valence-corrected chi connectivity index (χ4v) is 2.46. The lowest BCUT2D eigenvalue weighted by atomic mass is 10.0. The lowest BCUT2D eigenvalue weighted by Crippen LogP contribution is -2.33. The van der Waals surface area contributed by atoms with Gasteiger partial charge >= 0.3 is 0 Å². The third kappa shape index (κ3) is 2.74. The maximum Gasteiger partial charge on any atom is 0.146 e. The number of benzene rings is 1. The summed E-state index contributed by atoms with van der Waals surface area (Å²) >= 11 is 3.29. The molecule has 0 radical (unpaired) electrons. The number of anilines is 1. The Morgan fingerprint density at radius 3 is 2.75 bits per heavy atom. The Kier molecular flexibility index (Phi) is 3.50. The summed E-state index contributed by atoms with van der Waals surface area (Å²) in [7, 11) is 0. The smallest absolute Gasteiger partial charge is 0.146 e. The Bertz CT molecular complexity index is 377. The maximum absolute atomic E-state index is 13.4. The van der Waals surface area contributed by atoms with Gasteiger partial charge in [-0.2, -0.15) is 0 Å². The number of aliphatic hydroxyl groups is 1. The zero-order chi connectivity index (χ0) is 11.6. The number of rotatable bonds is 3. The van der Waals surface area contributed by atoms with Gasteiger partial charge in [-0.15, -0.1) is 0 Å². The van der Waals surface area contributed by atoms with Crippen molar-refractivity contribution in [1.29, 1.82) is 0 Å². The van der Waals surface area contributed by atoms with Gasteiger partial charge in [-0.3, -0.25) is 0 Å². The van der Waals surface area contributed by atoms with Crippen molar-refractivity contribution in [3.63, 3.8) is 0 Å². The van der Waals surface area contributed by atoms with Crippen LogP contribution in [0, 0.1) is 5.82 Å². The molecule has 16 heavy (non-hydrogen) atoms. The van der Waals surface area contributed by atoms with Crippen molar-refractivity contribution in [1.82, 2.24) is 0 Å². The second kappa shape index (κ2) is 4.72. The van der Waals surface area contributed by atoms with Crippen molar-refractivity contribution in [2.45, 2.75) is 31.3 Å². The van der Waals surface area contributed by atoms with Gasteiger partial charge in [0.25, 0.3) is 0 Å². The summed E-state index contributed by atoms with van der Waals surface area (Å²) in [6.45, 7) is 0.417. The number of halogens is 2. The molecule has 0 amide bonds. The monoisotopic (exact) mass is 287 g/mol. The van der Waals surface area contributed by atoms with Crippen molar-refractivity contribution in [3.05, 3.63) is 28.5 Å². The van der Waals surface area contributed by atoms with Crippen molar-refractivity contribution in [3.8, 4) is 0 Å². The van der Waals surface area contributed by atoms with E-state index < -0.39 is 5.60 Å². The molecule has 0 unspecified atom stereocenters. The highest BCUT2D eigenvalue weighted by Gasteiger charge is 2.30. The van der Waals surface area contributed by atoms with Crippen molar-refractivity contribution in [2.75, 3.05) is 11.9 Å². The van der Waals surface area contributed by atoms with Gasteiger partial charge in [0.15, 0.2) is 0 Å². The minimum absolute atomic E-state index is 0.287. The molecule has 1 aliphatic carbocycles. The second-order valence-corrected chi connectivity index (χ2v) is 5.32. The molecule has 0 atom stereocenters. The molecule has 0 saturated heterocycles. The summed E-state index contributed by atoms with van der Waals surface area (Å²) in [6, 6.07) is 4.75. The molecular formula is C12H15BrFNO. The van der Waals surface area contributed by atoms with Crippen LogP contribution in [0.15, 0.2) is 22.7 Å². The van der Waals surface area contributed by atoms with Crippen LogP contribution >= 0.6 is 15.9 Å². The van der Waals surface area contributed by atoms with Gasteiger partial charge in [0.2, 0.25) is 0 Å². The highest BCUT2D eigenvalue weighted by atomic mass is 79.9. The number of nitrogens with one attached hydrogen (secondary N) is 1. The van der Waals surface area contributed by atoms with Crippen LogP contribution in [-0.2, 0) is 0 Å². The molecule has 2 nitrogen and oxygen atoms in total. The molecule has 1 aromatic rings. The fraction of sp³-hybridized carbons (Fsp3) is 0.500. The van der Waals surface area contributed by atoms with Gasteiger partial charge < -0.3 is 10.4 Å². The highest BCUT2D eigenvalue weighted by molar-refractivity contribution is 9.10. The van der Waals surface area contributed by atoms with Gasteiger partial charge in [-0.25, -0.2) is 4.39 Å². The Morgan fingerprint density at radius 2 is 2.06 bits per heavy atom. The van der Waals surface area contributed by atoms with E-state index in [1.165, 1.54) is 6.07 Å². The van der Waals surface area contributed by atoms with Crippen LogP contribution < -0.4 is 5.32 Å². The first-order chi connectivity index (χ1) is 7.59. The van der Waals surface area contributed by atoms with E-state index in [1.807, 2.05) is 0 Å². The number of hydrogen-bond donors (Lipinski definition) is 2. The zero-order valence-corrected chi connectivity index (χ0v) is 10.6. The first-order valence-electron chi connectivity index (χ1n) is 5.50. The van der Waals surface area contributed by atoms with E-state index >= 15 is 0 Å². The molecule has 1 aromatic carbocycles. The lowest BCUT2D eigenvalue weighted by Gasteiger charge is -2.23. The molecule has 2 N–H and O–H groups in total. The van der Waals surface area contributed by atoms with Crippen LogP contribution in [0.3, 0.4) is 0 Å². The molecular weight excluding hydrogens is 273 g/mol. The predicted octanol–water partition coefficient (Wildman–Crippen LogP) is 3.31. The summed E-state index contributed by atoms with van der Waals surface area (Å²) < 4.78 is 14.2. The van der Waals surface area contributed by atoms with Crippen molar-refractivity contribution >= 4 is 21.6 Å². The minimum atomic E-state index is -0.658. The summed E-state index contributed by atoms with van der Waals surface area (Å²) in [4.78, 5) is 0. The molecule has 0 heterocycles. The van der Waals surface area contributed by atoms with Crippen LogP contribution in [0.4, 0.5) is 10.1 Å². The third-order valence-electron chi connectivity index (χ3n) is 3.07. The number of hydrogen-bond acceptors (Lipinski definition) is 2. The summed E-state index contributed by atoms with van der Waals surface area (Å²) in [6.07, 6.45) is 3.71. The first kappa shape index (κ1) is 11.9. The van der Waals surface area contributed by atoms with Crippen LogP contribution in [-0.4, -0.2) is 17.3 Å². The average molecular weight is 288 g/mol. The van der Waals surface area contributed by atoms with E-state index in [-0.39, 0.29) is 5.82 Å². The quantitative estimate of drug-likeness (QED) is 0.894. The Morgan fingerprint density at radius 1 is 1.38 bits per heavy atom. The standard InChI is InChI=1S/C12H15BrFNO/c13-9-3-4-10(14)11(7-9)15-8-12(16)5-1-2-6-12/h3-4,7,15-16H,1-2,5-6,8H2.